The number of hydrogen-bond donors (Lipinski definition) is 0. The number of rotatable bonds is 7. The van der Waals surface area contributed by atoms with Crippen molar-refractivity contribution in [2.45, 2.75) is 50.5 Å². The van der Waals surface area contributed by atoms with Crippen molar-refractivity contribution in [2.75, 3.05) is 13.1 Å². The zero-order chi connectivity index (χ0) is 24.9. The molecule has 1 aliphatic rings. The third-order valence-electron chi connectivity index (χ3n) is 5.50. The van der Waals surface area contributed by atoms with Gasteiger partial charge in [0.15, 0.2) is 6.10 Å². The van der Waals surface area contributed by atoms with Crippen molar-refractivity contribution in [1.29, 1.82) is 0 Å². The van der Waals surface area contributed by atoms with Crippen molar-refractivity contribution < 1.29 is 31.9 Å². The first-order valence-electron chi connectivity index (χ1n) is 10.9. The summed E-state index contributed by atoms with van der Waals surface area (Å²) in [5, 5.41) is 11.0. The number of hydrogen-bond acceptors (Lipinski definition) is 8. The third kappa shape index (κ3) is 6.10. The van der Waals surface area contributed by atoms with Crippen LogP contribution in [0.25, 0.3) is 0 Å². The van der Waals surface area contributed by atoms with E-state index in [1.54, 1.807) is 4.90 Å². The Morgan fingerprint density at radius 1 is 1.03 bits per heavy atom. The number of non-ortho nitro benzene ring substituents is 1. The van der Waals surface area contributed by atoms with Crippen LogP contribution in [-0.2, 0) is 19.6 Å². The molecular weight excluding hydrogens is 464 g/mol. The second-order valence-corrected chi connectivity index (χ2v) is 9.57. The summed E-state index contributed by atoms with van der Waals surface area (Å²) in [5.74, 6) is -1.05. The van der Waals surface area contributed by atoms with Gasteiger partial charge in [-0.15, -0.1) is 0 Å². The van der Waals surface area contributed by atoms with Crippen LogP contribution in [0, 0.1) is 17.0 Å². The van der Waals surface area contributed by atoms with E-state index in [0.717, 1.165) is 31.7 Å². The van der Waals surface area contributed by atoms with Gasteiger partial charge in [-0.1, -0.05) is 18.9 Å². The summed E-state index contributed by atoms with van der Waals surface area (Å²) in [6.45, 7) is 4.31. The first-order chi connectivity index (χ1) is 16.1. The number of nitro benzene ring substituents is 1. The number of nitrogens with zero attached hydrogens (tertiary/aromatic N) is 2. The monoisotopic (exact) mass is 490 g/mol. The number of amides is 1. The van der Waals surface area contributed by atoms with Crippen LogP contribution in [0.15, 0.2) is 47.4 Å². The molecule has 0 saturated carbocycles. The minimum absolute atomic E-state index is 0.0869. The van der Waals surface area contributed by atoms with Gasteiger partial charge in [-0.05, 0) is 56.5 Å². The Balaban J connectivity index is 1.66. The molecule has 0 aliphatic carbocycles. The number of carbonyl (C=O) groups is 2. The van der Waals surface area contributed by atoms with Crippen LogP contribution in [0.3, 0.4) is 0 Å². The molecule has 34 heavy (non-hydrogen) atoms. The highest BCUT2D eigenvalue weighted by Gasteiger charge is 2.26. The van der Waals surface area contributed by atoms with Gasteiger partial charge in [0.1, 0.15) is 10.6 Å². The van der Waals surface area contributed by atoms with Crippen molar-refractivity contribution in [2.24, 2.45) is 0 Å². The molecule has 0 unspecified atom stereocenters. The van der Waals surface area contributed by atoms with Crippen molar-refractivity contribution in [3.8, 4) is 5.75 Å². The fourth-order valence-corrected chi connectivity index (χ4v) is 4.80. The highest BCUT2D eigenvalue weighted by Crippen LogP contribution is 2.25. The molecule has 0 radical (unpaired) electrons. The molecule has 0 aromatic heterocycles. The Bertz CT molecular complexity index is 1170. The summed E-state index contributed by atoms with van der Waals surface area (Å²) in [6.07, 6.45) is 3.05. The normalized spacial score (nSPS) is 15.2. The van der Waals surface area contributed by atoms with E-state index in [0.29, 0.717) is 13.1 Å². The number of benzene rings is 2. The number of likely N-dealkylation sites (tertiary alicyclic amines) is 1. The minimum Gasteiger partial charge on any atom is -0.449 e. The maximum absolute atomic E-state index is 12.6. The van der Waals surface area contributed by atoms with Crippen molar-refractivity contribution >= 4 is 27.7 Å². The predicted octanol–water partition coefficient (Wildman–Crippen LogP) is 3.62. The minimum atomic E-state index is -4.35. The summed E-state index contributed by atoms with van der Waals surface area (Å²) in [6, 6.07) is 8.62. The fraction of sp³-hybridized carbons (Fsp3) is 0.391. The lowest BCUT2D eigenvalue weighted by Gasteiger charge is -2.24. The lowest BCUT2D eigenvalue weighted by molar-refractivity contribution is -0.385. The summed E-state index contributed by atoms with van der Waals surface area (Å²) in [4.78, 5) is 36.7. The van der Waals surface area contributed by atoms with E-state index < -0.39 is 27.1 Å². The molecule has 182 valence electrons. The molecule has 0 N–H and O–H groups in total. The summed E-state index contributed by atoms with van der Waals surface area (Å²) >= 11 is 0. The first kappa shape index (κ1) is 25.2. The molecule has 2 aromatic rings. The SMILES string of the molecule is Cc1ccc([N+](=O)[O-])cc1S(=O)(=O)Oc1ccc(C(=O)O[C@@H](C)C(=O)N2CCCCCC2)cc1. The van der Waals surface area contributed by atoms with Gasteiger partial charge in [-0.2, -0.15) is 8.42 Å². The van der Waals surface area contributed by atoms with Gasteiger partial charge in [0.05, 0.1) is 10.5 Å². The molecular formula is C23H26N2O8S. The second-order valence-electron chi connectivity index (χ2n) is 8.06. The summed E-state index contributed by atoms with van der Waals surface area (Å²) in [7, 11) is -4.35. The van der Waals surface area contributed by atoms with E-state index in [2.05, 4.69) is 0 Å². The van der Waals surface area contributed by atoms with Gasteiger partial charge in [0.25, 0.3) is 11.6 Å². The van der Waals surface area contributed by atoms with Crippen molar-refractivity contribution in [1.82, 2.24) is 4.90 Å². The van der Waals surface area contributed by atoms with Crippen molar-refractivity contribution in [3.05, 3.63) is 63.7 Å². The van der Waals surface area contributed by atoms with Crippen LogP contribution in [0.2, 0.25) is 0 Å². The zero-order valence-corrected chi connectivity index (χ0v) is 19.7. The van der Waals surface area contributed by atoms with Gasteiger partial charge in [-0.3, -0.25) is 14.9 Å². The molecule has 1 aliphatic heterocycles. The van der Waals surface area contributed by atoms with Crippen LogP contribution in [0.5, 0.6) is 5.75 Å². The van der Waals surface area contributed by atoms with E-state index in [9.17, 15) is 28.1 Å². The highest BCUT2D eigenvalue weighted by atomic mass is 32.2. The molecule has 1 heterocycles. The topological polar surface area (TPSA) is 133 Å². The standard InChI is InChI=1S/C23H26N2O8S/c1-16-7-10-19(25(28)29)15-21(16)34(30,31)33-20-11-8-18(9-12-20)23(27)32-17(2)22(26)24-13-5-3-4-6-14-24/h7-12,15,17H,3-6,13-14H2,1-2H3/t17-/m0/s1. The number of carbonyl (C=O) groups excluding carboxylic acids is 2. The average Bonchev–Trinajstić information content (AvgIpc) is 3.08. The lowest BCUT2D eigenvalue weighted by Crippen LogP contribution is -2.40. The largest absolute Gasteiger partial charge is 0.449 e. The van der Waals surface area contributed by atoms with Gasteiger partial charge in [-0.25, -0.2) is 4.79 Å². The second kappa shape index (κ2) is 10.6. The van der Waals surface area contributed by atoms with E-state index in [4.69, 9.17) is 8.92 Å². The highest BCUT2D eigenvalue weighted by molar-refractivity contribution is 7.87. The first-order valence-corrected chi connectivity index (χ1v) is 12.3. The van der Waals surface area contributed by atoms with E-state index in [-0.39, 0.29) is 33.4 Å². The Morgan fingerprint density at radius 2 is 1.65 bits per heavy atom. The molecule has 1 saturated heterocycles. The molecule has 1 amide bonds. The summed E-state index contributed by atoms with van der Waals surface area (Å²) in [5.41, 5.74) is 0.0235. The number of aryl methyl sites for hydroxylation is 1. The van der Waals surface area contributed by atoms with Gasteiger partial charge < -0.3 is 13.8 Å². The number of ether oxygens (including phenoxy) is 1. The quantitative estimate of drug-likeness (QED) is 0.249. The third-order valence-corrected chi connectivity index (χ3v) is 6.89. The number of nitro groups is 1. The average molecular weight is 491 g/mol. The van der Waals surface area contributed by atoms with Crippen LogP contribution in [0.4, 0.5) is 5.69 Å². The Kier molecular flexibility index (Phi) is 7.87. The zero-order valence-electron chi connectivity index (χ0n) is 18.9. The Morgan fingerprint density at radius 3 is 2.24 bits per heavy atom. The number of esters is 1. The molecule has 2 aromatic carbocycles. The van der Waals surface area contributed by atoms with Gasteiger partial charge in [0, 0.05) is 25.2 Å². The Labute approximate surface area is 197 Å². The molecule has 1 atom stereocenters. The fourth-order valence-electron chi connectivity index (χ4n) is 3.62. The van der Waals surface area contributed by atoms with Crippen LogP contribution in [-0.4, -0.2) is 49.3 Å². The van der Waals surface area contributed by atoms with Gasteiger partial charge in [0.2, 0.25) is 0 Å². The molecule has 0 spiro atoms. The van der Waals surface area contributed by atoms with E-state index >= 15 is 0 Å². The van der Waals surface area contributed by atoms with Crippen LogP contribution in [0.1, 0.15) is 48.5 Å². The summed E-state index contributed by atoms with van der Waals surface area (Å²) < 4.78 is 35.7. The molecule has 1 fully saturated rings. The lowest BCUT2D eigenvalue weighted by atomic mass is 10.2. The molecule has 3 rings (SSSR count). The Hall–Kier alpha value is -3.47. The van der Waals surface area contributed by atoms with Crippen LogP contribution < -0.4 is 4.18 Å². The molecule has 0 bridgehead atoms. The van der Waals surface area contributed by atoms with Crippen molar-refractivity contribution in [3.63, 3.8) is 0 Å². The maximum Gasteiger partial charge on any atom is 0.339 e. The smallest absolute Gasteiger partial charge is 0.339 e. The van der Waals surface area contributed by atoms with E-state index in [1.807, 2.05) is 0 Å². The maximum atomic E-state index is 12.6. The van der Waals surface area contributed by atoms with Crippen LogP contribution >= 0.6 is 0 Å². The predicted molar refractivity (Wildman–Crippen MR) is 122 cm³/mol. The molecule has 11 heteroatoms. The molecule has 10 nitrogen and oxygen atoms in total. The van der Waals surface area contributed by atoms with E-state index in [1.165, 1.54) is 50.2 Å². The van der Waals surface area contributed by atoms with Gasteiger partial charge >= 0.3 is 16.1 Å².